The molecule has 0 heterocycles. The van der Waals surface area contributed by atoms with Gasteiger partial charge in [-0.1, -0.05) is 0 Å². The molecule has 0 aromatic rings. The van der Waals surface area contributed by atoms with Gasteiger partial charge >= 0.3 is 0 Å². The molecule has 0 bridgehead atoms. The molecule has 162 valence electrons. The van der Waals surface area contributed by atoms with Gasteiger partial charge in [-0.3, -0.25) is 19.2 Å². The third kappa shape index (κ3) is 14.0. The molecule has 8 nitrogen and oxygen atoms in total. The molecule has 28 heavy (non-hydrogen) atoms. The normalized spacial score (nSPS) is 12.8. The average Bonchev–Trinajstić information content (AvgIpc) is 2.69. The van der Waals surface area contributed by atoms with E-state index in [1.54, 1.807) is 0 Å². The van der Waals surface area contributed by atoms with E-state index in [1.165, 1.54) is 0 Å². The molecule has 0 saturated heterocycles. The number of thiol groups is 2. The number of ether oxygens (including phenoxy) is 1. The van der Waals surface area contributed by atoms with Crippen LogP contribution in [0.15, 0.2) is 0 Å². The second-order valence-corrected chi connectivity index (χ2v) is 7.10. The van der Waals surface area contributed by atoms with Gasteiger partial charge in [-0.15, -0.1) is 0 Å². The Morgan fingerprint density at radius 3 is 2.32 bits per heavy atom. The van der Waals surface area contributed by atoms with E-state index in [0.29, 0.717) is 64.0 Å². The van der Waals surface area contributed by atoms with Gasteiger partial charge in [0.1, 0.15) is 5.78 Å². The third-order valence-electron chi connectivity index (χ3n) is 4.04. The van der Waals surface area contributed by atoms with Gasteiger partial charge in [-0.2, -0.15) is 25.3 Å². The van der Waals surface area contributed by atoms with Crippen LogP contribution in [0.4, 0.5) is 0 Å². The van der Waals surface area contributed by atoms with Crippen LogP contribution in [-0.4, -0.2) is 67.2 Å². The average molecular weight is 436 g/mol. The van der Waals surface area contributed by atoms with Gasteiger partial charge in [-0.05, 0) is 19.3 Å². The van der Waals surface area contributed by atoms with E-state index in [9.17, 15) is 19.2 Å². The summed E-state index contributed by atoms with van der Waals surface area (Å²) in [5.74, 6) is 0.324. The lowest BCUT2D eigenvalue weighted by molar-refractivity contribution is -0.127. The molecule has 2 amide bonds. The van der Waals surface area contributed by atoms with Gasteiger partial charge in [-0.25, -0.2) is 0 Å². The number of hydrogen-bond donors (Lipinski definition) is 5. The highest BCUT2D eigenvalue weighted by molar-refractivity contribution is 7.80. The highest BCUT2D eigenvalue weighted by Crippen LogP contribution is 2.07. The Balaban J connectivity index is 4.00. The minimum atomic E-state index is -0.680. The predicted octanol–water partition coefficient (Wildman–Crippen LogP) is 0.290. The molecule has 0 aliphatic rings. The molecule has 0 fully saturated rings. The Morgan fingerprint density at radius 2 is 1.71 bits per heavy atom. The van der Waals surface area contributed by atoms with Gasteiger partial charge in [0.15, 0.2) is 5.78 Å². The largest absolute Gasteiger partial charge is 0.380 e. The summed E-state index contributed by atoms with van der Waals surface area (Å²) < 4.78 is 5.23. The lowest BCUT2D eigenvalue weighted by Crippen LogP contribution is -2.39. The fourth-order valence-electron chi connectivity index (χ4n) is 2.48. The van der Waals surface area contributed by atoms with Gasteiger partial charge < -0.3 is 21.1 Å². The molecule has 0 aliphatic heterocycles. The maximum Gasteiger partial charge on any atom is 0.220 e. The van der Waals surface area contributed by atoms with Crippen molar-refractivity contribution in [2.24, 2.45) is 5.73 Å². The molecule has 0 aliphatic carbocycles. The summed E-state index contributed by atoms with van der Waals surface area (Å²) in [5.41, 5.74) is 5.31. The van der Waals surface area contributed by atoms with E-state index in [1.807, 2.05) is 0 Å². The molecule has 2 atom stereocenters. The summed E-state index contributed by atoms with van der Waals surface area (Å²) in [4.78, 5) is 46.2. The van der Waals surface area contributed by atoms with E-state index in [-0.39, 0.29) is 42.1 Å². The standard InChI is InChI=1S/C18H33N3O5S2/c19-8-10-26-9-2-5-15(23)4-1-3-14(11-27)21-18(25)7-6-17(24)16(12-28)20-13-22/h13-14,16,27-28H,1-12,19H2,(H,20,22)(H,21,25)/t14-,16+/m1/s1. The molecule has 0 spiro atoms. The first-order valence-corrected chi connectivity index (χ1v) is 10.8. The van der Waals surface area contributed by atoms with Crippen LogP contribution in [0.5, 0.6) is 0 Å². The molecule has 4 N–H and O–H groups in total. The number of amides is 2. The monoisotopic (exact) mass is 435 g/mol. The third-order valence-corrected chi connectivity index (χ3v) is 4.85. The maximum atomic E-state index is 12.0. The van der Waals surface area contributed by atoms with E-state index in [2.05, 4.69) is 35.9 Å². The van der Waals surface area contributed by atoms with Crippen molar-refractivity contribution in [2.45, 2.75) is 57.0 Å². The zero-order valence-corrected chi connectivity index (χ0v) is 18.0. The highest BCUT2D eigenvalue weighted by atomic mass is 32.1. The Kier molecular flexibility index (Phi) is 17.3. The fraction of sp³-hybridized carbons (Fsp3) is 0.778. The van der Waals surface area contributed by atoms with Crippen molar-refractivity contribution in [1.29, 1.82) is 0 Å². The molecule has 0 aromatic carbocycles. The number of hydrogen-bond acceptors (Lipinski definition) is 8. The molecular weight excluding hydrogens is 402 g/mol. The summed E-state index contributed by atoms with van der Waals surface area (Å²) in [6.45, 7) is 1.52. The Hall–Kier alpha value is -1.10. The number of carbonyl (C=O) groups excluding carboxylic acids is 4. The summed E-state index contributed by atoms with van der Waals surface area (Å²) in [5, 5.41) is 5.21. The fourth-order valence-corrected chi connectivity index (χ4v) is 3.06. The lowest BCUT2D eigenvalue weighted by atomic mass is 10.1. The van der Waals surface area contributed by atoms with Crippen LogP contribution in [-0.2, 0) is 23.9 Å². The number of ketones is 2. The Labute approximate surface area is 177 Å². The van der Waals surface area contributed by atoms with Crippen LogP contribution in [0.2, 0.25) is 0 Å². The first-order chi connectivity index (χ1) is 13.5. The van der Waals surface area contributed by atoms with Crippen LogP contribution < -0.4 is 16.4 Å². The van der Waals surface area contributed by atoms with Crippen LogP contribution in [0.3, 0.4) is 0 Å². The lowest BCUT2D eigenvalue weighted by Gasteiger charge is -2.17. The first kappa shape index (κ1) is 26.9. The highest BCUT2D eigenvalue weighted by Gasteiger charge is 2.18. The molecule has 0 aromatic heterocycles. The quantitative estimate of drug-likeness (QED) is 0.113. The second-order valence-electron chi connectivity index (χ2n) is 6.37. The van der Waals surface area contributed by atoms with E-state index in [4.69, 9.17) is 10.5 Å². The topological polar surface area (TPSA) is 128 Å². The minimum Gasteiger partial charge on any atom is -0.380 e. The molecular formula is C18H33N3O5S2. The molecule has 10 heteroatoms. The van der Waals surface area contributed by atoms with Gasteiger partial charge in [0.2, 0.25) is 12.3 Å². The van der Waals surface area contributed by atoms with Crippen molar-refractivity contribution < 1.29 is 23.9 Å². The van der Waals surface area contributed by atoms with E-state index in [0.717, 1.165) is 0 Å². The van der Waals surface area contributed by atoms with Crippen LogP contribution in [0.1, 0.15) is 44.9 Å². The predicted molar refractivity (Wildman–Crippen MR) is 115 cm³/mol. The number of nitrogens with one attached hydrogen (secondary N) is 2. The molecule has 0 saturated carbocycles. The van der Waals surface area contributed by atoms with Crippen molar-refractivity contribution in [3.63, 3.8) is 0 Å². The number of nitrogens with two attached hydrogens (primary N) is 1. The molecule has 0 rings (SSSR count). The van der Waals surface area contributed by atoms with E-state index < -0.39 is 6.04 Å². The number of Topliss-reactive ketones (excluding diaryl/α,β-unsaturated/α-hetero) is 2. The van der Waals surface area contributed by atoms with Gasteiger partial charge in [0.25, 0.3) is 0 Å². The smallest absolute Gasteiger partial charge is 0.220 e. The maximum absolute atomic E-state index is 12.0. The molecule has 0 unspecified atom stereocenters. The summed E-state index contributed by atoms with van der Waals surface area (Å²) in [6.07, 6.45) is 3.44. The van der Waals surface area contributed by atoms with E-state index >= 15 is 0 Å². The summed E-state index contributed by atoms with van der Waals surface area (Å²) >= 11 is 8.24. The Bertz CT molecular complexity index is 480. The number of rotatable bonds is 19. The van der Waals surface area contributed by atoms with Crippen LogP contribution >= 0.6 is 25.3 Å². The Morgan fingerprint density at radius 1 is 1.00 bits per heavy atom. The zero-order valence-electron chi connectivity index (χ0n) is 16.2. The van der Waals surface area contributed by atoms with Crippen molar-refractivity contribution in [1.82, 2.24) is 10.6 Å². The zero-order chi connectivity index (χ0) is 21.2. The number of carbonyl (C=O) groups is 4. The second kappa shape index (κ2) is 18.0. The van der Waals surface area contributed by atoms with Gasteiger partial charge in [0, 0.05) is 56.4 Å². The van der Waals surface area contributed by atoms with Crippen molar-refractivity contribution >= 4 is 49.1 Å². The SMILES string of the molecule is NCCOCCCC(=O)CCC[C@H](CS)NC(=O)CCC(=O)[C@H](CS)NC=O. The van der Waals surface area contributed by atoms with Gasteiger partial charge in [0.05, 0.1) is 12.6 Å². The molecule has 0 radical (unpaired) electrons. The van der Waals surface area contributed by atoms with Crippen molar-refractivity contribution in [3.8, 4) is 0 Å². The first-order valence-electron chi connectivity index (χ1n) is 9.51. The van der Waals surface area contributed by atoms with Crippen LogP contribution in [0, 0.1) is 0 Å². The minimum absolute atomic E-state index is 0.0297. The van der Waals surface area contributed by atoms with Crippen molar-refractivity contribution in [2.75, 3.05) is 31.3 Å². The summed E-state index contributed by atoms with van der Waals surface area (Å²) in [6, 6.07) is -0.832. The summed E-state index contributed by atoms with van der Waals surface area (Å²) in [7, 11) is 0. The van der Waals surface area contributed by atoms with Crippen molar-refractivity contribution in [3.05, 3.63) is 0 Å². The van der Waals surface area contributed by atoms with Crippen LogP contribution in [0.25, 0.3) is 0 Å².